The van der Waals surface area contributed by atoms with E-state index in [0.717, 1.165) is 0 Å². The molecule has 3 N–H and O–H groups in total. The number of hydrogen-bond acceptors (Lipinski definition) is 3. The average molecular weight is 147 g/mol. The number of nitrogens with one attached hydrogen (secondary N) is 3. The van der Waals surface area contributed by atoms with E-state index in [1.54, 1.807) is 0 Å². The fourth-order valence-electron chi connectivity index (χ4n) is 0.0510. The van der Waals surface area contributed by atoms with Crippen molar-refractivity contribution in [3.63, 3.8) is 0 Å². The van der Waals surface area contributed by atoms with Crippen LogP contribution in [-0.2, 0) is 21.9 Å². The van der Waals surface area contributed by atoms with Gasteiger partial charge in [-0.2, -0.15) is 10.2 Å². The van der Waals surface area contributed by atoms with Crippen molar-refractivity contribution in [1.82, 2.24) is 5.53 Å². The standard InChI is InChI=1S/CH6N3O2.Mn/c1-6-4(5)3-2;/h2-4H,1H3;/q-1;. The molecule has 0 rings (SSSR count). The zero-order valence-electron chi connectivity index (χ0n) is 3.69. The third-order valence-electron chi connectivity index (χ3n) is 0.287. The zero-order valence-corrected chi connectivity index (χ0v) is 4.87. The largest absolute Gasteiger partial charge is 0.581 e. The van der Waals surface area contributed by atoms with Crippen molar-refractivity contribution in [2.45, 2.75) is 0 Å². The molecule has 0 amide bonds. The van der Waals surface area contributed by atoms with E-state index < -0.39 is 5.34 Å². The van der Waals surface area contributed by atoms with E-state index >= 15 is 0 Å². The van der Waals surface area contributed by atoms with Crippen molar-refractivity contribution in [3.8, 4) is 0 Å². The predicted molar refractivity (Wildman–Crippen MR) is 18.8 cm³/mol. The molecule has 5 nitrogen and oxygen atoms in total. The van der Waals surface area contributed by atoms with Crippen LogP contribution in [0.4, 0.5) is 0 Å². The first-order chi connectivity index (χ1) is 2.81. The molecular formula is CH6MnN3O2-. The number of hydrogen-bond donors (Lipinski definition) is 2. The second-order valence-corrected chi connectivity index (χ2v) is 0.617. The van der Waals surface area contributed by atoms with Gasteiger partial charge in [-0.05, 0) is 0 Å². The molecule has 0 saturated carbocycles. The SMILES string of the molecule is CO[NH+]([O-])N[NH-].[Mn]. The molecule has 0 aliphatic rings. The maximum atomic E-state index is 9.66. The van der Waals surface area contributed by atoms with Crippen LogP contribution in [0, 0.1) is 5.21 Å². The molecule has 1 radical (unpaired) electrons. The fraction of sp³-hybridized carbons (Fsp3) is 1.00. The van der Waals surface area contributed by atoms with E-state index in [-0.39, 0.29) is 17.1 Å². The summed E-state index contributed by atoms with van der Waals surface area (Å²) in [6, 6.07) is 0. The Balaban J connectivity index is 0. The molecule has 1 unspecified atom stereocenters. The quantitative estimate of drug-likeness (QED) is 0.365. The van der Waals surface area contributed by atoms with Crippen LogP contribution in [0.3, 0.4) is 0 Å². The Labute approximate surface area is 51.7 Å². The normalized spacial score (nSPS) is 12.4. The van der Waals surface area contributed by atoms with Crippen LogP contribution >= 0.6 is 0 Å². The van der Waals surface area contributed by atoms with Crippen molar-refractivity contribution < 1.29 is 27.2 Å². The summed E-state index contributed by atoms with van der Waals surface area (Å²) in [5.74, 6) is 6.08. The number of rotatable bonds is 2. The molecular weight excluding hydrogens is 141 g/mol. The fourth-order valence-corrected chi connectivity index (χ4v) is 0.0510. The third kappa shape index (κ3) is 6.32. The van der Waals surface area contributed by atoms with Crippen LogP contribution in [0.2, 0.25) is 0 Å². The Morgan fingerprint density at radius 1 is 1.86 bits per heavy atom. The van der Waals surface area contributed by atoms with Gasteiger partial charge in [0.1, 0.15) is 0 Å². The first kappa shape index (κ1) is 10.3. The van der Waals surface area contributed by atoms with Gasteiger partial charge in [-0.3, -0.25) is 0 Å². The Kier molecular flexibility index (Phi) is 9.33. The summed E-state index contributed by atoms with van der Waals surface area (Å²) in [6.07, 6.45) is 0. The van der Waals surface area contributed by atoms with Gasteiger partial charge in [-0.25, -0.2) is 5.53 Å². The molecule has 45 valence electrons. The monoisotopic (exact) mass is 147 g/mol. The summed E-state index contributed by atoms with van der Waals surface area (Å²) < 4.78 is 0. The van der Waals surface area contributed by atoms with E-state index in [9.17, 15) is 5.21 Å². The molecule has 0 aliphatic heterocycles. The minimum atomic E-state index is -0.741. The predicted octanol–water partition coefficient (Wildman–Crippen LogP) is -1.60. The third-order valence-corrected chi connectivity index (χ3v) is 0.287. The zero-order chi connectivity index (χ0) is 4.99. The summed E-state index contributed by atoms with van der Waals surface area (Å²) in [6.45, 7) is 0. The van der Waals surface area contributed by atoms with Crippen LogP contribution < -0.4 is 10.9 Å². The van der Waals surface area contributed by atoms with Gasteiger partial charge in [-0.15, -0.1) is 0 Å². The Morgan fingerprint density at radius 2 is 2.29 bits per heavy atom. The summed E-state index contributed by atoms with van der Waals surface area (Å²) in [7, 11) is 1.20. The van der Waals surface area contributed by atoms with Crippen LogP contribution in [0.15, 0.2) is 0 Å². The van der Waals surface area contributed by atoms with Gasteiger partial charge in [0.05, 0.1) is 7.11 Å². The summed E-state index contributed by atoms with van der Waals surface area (Å²) in [5, 5.41) is 8.92. The topological polar surface area (TPSA) is 72.6 Å². The molecule has 0 heterocycles. The maximum Gasteiger partial charge on any atom is 0.0982 e. The van der Waals surface area contributed by atoms with Crippen LogP contribution in [-0.4, -0.2) is 7.11 Å². The van der Waals surface area contributed by atoms with Crippen LogP contribution in [0.1, 0.15) is 0 Å². The molecule has 0 saturated heterocycles. The second kappa shape index (κ2) is 6.32. The molecule has 0 fully saturated rings. The summed E-state index contributed by atoms with van der Waals surface area (Å²) >= 11 is 0. The molecule has 6 heteroatoms. The molecule has 0 aliphatic carbocycles. The van der Waals surface area contributed by atoms with Crippen LogP contribution in [0.5, 0.6) is 0 Å². The van der Waals surface area contributed by atoms with Crippen molar-refractivity contribution in [1.29, 1.82) is 0 Å². The average Bonchev–Trinajstić information content (AvgIpc) is 1.65. The van der Waals surface area contributed by atoms with E-state index in [4.69, 9.17) is 5.84 Å². The van der Waals surface area contributed by atoms with Crippen molar-refractivity contribution in [3.05, 3.63) is 11.0 Å². The molecule has 1 atom stereocenters. The minimum absolute atomic E-state index is 0. The molecule has 0 aromatic heterocycles. The molecule has 0 bridgehead atoms. The van der Waals surface area contributed by atoms with Crippen molar-refractivity contribution in [2.75, 3.05) is 7.11 Å². The molecule has 0 aromatic carbocycles. The van der Waals surface area contributed by atoms with Gasteiger partial charge >= 0.3 is 0 Å². The maximum absolute atomic E-state index is 9.66. The Hall–Kier alpha value is 0.319. The van der Waals surface area contributed by atoms with E-state index in [1.165, 1.54) is 12.6 Å². The van der Waals surface area contributed by atoms with Gasteiger partial charge in [0.15, 0.2) is 0 Å². The summed E-state index contributed by atoms with van der Waals surface area (Å²) in [4.78, 5) is 3.96. The van der Waals surface area contributed by atoms with Gasteiger partial charge in [0, 0.05) is 17.1 Å². The van der Waals surface area contributed by atoms with Crippen molar-refractivity contribution in [2.24, 2.45) is 0 Å². The van der Waals surface area contributed by atoms with E-state index in [1.807, 2.05) is 0 Å². The first-order valence-corrected chi connectivity index (χ1v) is 1.32. The van der Waals surface area contributed by atoms with Gasteiger partial charge in [0.2, 0.25) is 0 Å². The first-order valence-electron chi connectivity index (χ1n) is 1.32. The number of quaternary nitrogens is 1. The van der Waals surface area contributed by atoms with E-state index in [0.29, 0.717) is 0 Å². The minimum Gasteiger partial charge on any atom is -0.581 e. The smallest absolute Gasteiger partial charge is 0.0982 e. The van der Waals surface area contributed by atoms with Gasteiger partial charge in [0.25, 0.3) is 0 Å². The Morgan fingerprint density at radius 3 is 2.29 bits per heavy atom. The van der Waals surface area contributed by atoms with Gasteiger partial charge in [-0.1, -0.05) is 0 Å². The van der Waals surface area contributed by atoms with Crippen molar-refractivity contribution >= 4 is 0 Å². The van der Waals surface area contributed by atoms with Crippen LogP contribution in [0.25, 0.3) is 5.84 Å². The second-order valence-electron chi connectivity index (χ2n) is 0.617. The molecule has 0 spiro atoms. The molecule has 0 aromatic rings. The summed E-state index contributed by atoms with van der Waals surface area (Å²) in [5.41, 5.74) is 1.50. The molecule has 7 heavy (non-hydrogen) atoms. The van der Waals surface area contributed by atoms with E-state index in [2.05, 4.69) is 4.84 Å². The van der Waals surface area contributed by atoms with Gasteiger partial charge < -0.3 is 11.0 Å². The Bertz CT molecular complexity index is 32.1.